The largest absolute Gasteiger partial charge is 0.378 e. The molecule has 9 heteroatoms. The number of nitrogens with one attached hydrogen (secondary N) is 1. The molecule has 3 heterocycles. The van der Waals surface area contributed by atoms with Gasteiger partial charge in [-0.05, 0) is 24.3 Å². The minimum absolute atomic E-state index is 0.273. The Labute approximate surface area is 162 Å². The van der Waals surface area contributed by atoms with Crippen molar-refractivity contribution in [3.63, 3.8) is 0 Å². The number of hydrogen-bond donors (Lipinski definition) is 1. The number of halogens is 2. The molecule has 3 aromatic rings. The number of ether oxygens (including phenoxy) is 1. The number of rotatable bonds is 3. The molecule has 130 valence electrons. The van der Waals surface area contributed by atoms with E-state index in [0.29, 0.717) is 19.9 Å². The fourth-order valence-electron chi connectivity index (χ4n) is 2.57. The van der Waals surface area contributed by atoms with E-state index in [4.69, 9.17) is 27.9 Å². The normalized spacial score (nSPS) is 14.9. The summed E-state index contributed by atoms with van der Waals surface area (Å²) in [6.45, 7) is 3.14. The van der Waals surface area contributed by atoms with E-state index < -0.39 is 0 Å². The lowest BCUT2D eigenvalue weighted by atomic mass is 10.2. The van der Waals surface area contributed by atoms with Crippen molar-refractivity contribution in [3.05, 3.63) is 38.5 Å². The quantitative estimate of drug-likeness (QED) is 0.672. The van der Waals surface area contributed by atoms with Crippen molar-refractivity contribution < 1.29 is 9.53 Å². The van der Waals surface area contributed by atoms with Crippen LogP contribution in [0.15, 0.2) is 24.3 Å². The summed E-state index contributed by atoms with van der Waals surface area (Å²) >= 11 is 14.7. The minimum Gasteiger partial charge on any atom is -0.378 e. The molecule has 0 bridgehead atoms. The fraction of sp³-hybridized carbons (Fsp3) is 0.250. The predicted octanol–water partition coefficient (Wildman–Crippen LogP) is 4.75. The Morgan fingerprint density at radius 3 is 2.72 bits per heavy atom. The highest BCUT2D eigenvalue weighted by atomic mass is 35.5. The van der Waals surface area contributed by atoms with E-state index in [9.17, 15) is 4.79 Å². The van der Waals surface area contributed by atoms with Gasteiger partial charge in [-0.1, -0.05) is 34.5 Å². The van der Waals surface area contributed by atoms with Gasteiger partial charge >= 0.3 is 0 Å². The lowest BCUT2D eigenvalue weighted by Gasteiger charge is -2.25. The first-order chi connectivity index (χ1) is 12.1. The van der Waals surface area contributed by atoms with Gasteiger partial charge in [0.2, 0.25) is 0 Å². The third kappa shape index (κ3) is 3.61. The number of nitrogens with zero attached hydrogens (tertiary/aromatic N) is 2. The lowest BCUT2D eigenvalue weighted by molar-refractivity contribution is 0.102. The molecule has 1 aliphatic heterocycles. The van der Waals surface area contributed by atoms with Crippen molar-refractivity contribution in [1.82, 2.24) is 4.98 Å². The van der Waals surface area contributed by atoms with Gasteiger partial charge in [0.25, 0.3) is 5.91 Å². The zero-order valence-electron chi connectivity index (χ0n) is 12.9. The van der Waals surface area contributed by atoms with E-state index in [1.807, 2.05) is 18.2 Å². The van der Waals surface area contributed by atoms with Crippen molar-refractivity contribution in [2.24, 2.45) is 0 Å². The fourth-order valence-corrected chi connectivity index (χ4v) is 5.09. The molecule has 0 spiro atoms. The highest BCUT2D eigenvalue weighted by Crippen LogP contribution is 2.33. The van der Waals surface area contributed by atoms with Crippen LogP contribution in [0.1, 0.15) is 10.4 Å². The van der Waals surface area contributed by atoms with Crippen molar-refractivity contribution in [3.8, 4) is 0 Å². The van der Waals surface area contributed by atoms with Gasteiger partial charge in [0.15, 0.2) is 5.13 Å². The first kappa shape index (κ1) is 17.1. The molecule has 0 atom stereocenters. The van der Waals surface area contributed by atoms with Crippen LogP contribution in [0.4, 0.5) is 10.8 Å². The number of fused-ring (bicyclic) bond motifs is 1. The summed E-state index contributed by atoms with van der Waals surface area (Å²) in [6.07, 6.45) is 0. The number of benzene rings is 1. The Kier molecular flexibility index (Phi) is 4.84. The SMILES string of the molecule is O=C(Nc1ccc2nc(N3CCOCC3)sc2c1)c1cc(Cl)sc1Cl. The second-order valence-corrected chi connectivity index (χ2v) is 8.77. The number of thiazole rings is 1. The first-order valence-electron chi connectivity index (χ1n) is 7.59. The number of amides is 1. The molecule has 0 radical (unpaired) electrons. The second kappa shape index (κ2) is 7.09. The summed E-state index contributed by atoms with van der Waals surface area (Å²) in [7, 11) is 0. The predicted molar refractivity (Wildman–Crippen MR) is 105 cm³/mol. The molecule has 5 nitrogen and oxygen atoms in total. The minimum atomic E-state index is -0.273. The number of hydrogen-bond acceptors (Lipinski definition) is 6. The maximum Gasteiger partial charge on any atom is 0.258 e. The molecular weight excluding hydrogens is 401 g/mol. The van der Waals surface area contributed by atoms with E-state index in [1.165, 1.54) is 11.3 Å². The molecule has 25 heavy (non-hydrogen) atoms. The highest BCUT2D eigenvalue weighted by molar-refractivity contribution is 7.22. The number of morpholine rings is 1. The van der Waals surface area contributed by atoms with Gasteiger partial charge in [-0.15, -0.1) is 11.3 Å². The Balaban J connectivity index is 1.56. The molecule has 0 unspecified atom stereocenters. The van der Waals surface area contributed by atoms with Gasteiger partial charge in [-0.25, -0.2) is 4.98 Å². The molecule has 1 aliphatic rings. The third-order valence-electron chi connectivity index (χ3n) is 3.82. The molecule has 0 aliphatic carbocycles. The Morgan fingerprint density at radius 1 is 1.20 bits per heavy atom. The van der Waals surface area contributed by atoms with E-state index in [0.717, 1.165) is 41.7 Å². The molecule has 0 saturated carbocycles. The topological polar surface area (TPSA) is 54.5 Å². The van der Waals surface area contributed by atoms with Crippen LogP contribution in [-0.4, -0.2) is 37.2 Å². The van der Waals surface area contributed by atoms with Crippen LogP contribution in [-0.2, 0) is 4.74 Å². The van der Waals surface area contributed by atoms with Crippen LogP contribution < -0.4 is 10.2 Å². The van der Waals surface area contributed by atoms with Gasteiger partial charge in [0.05, 0.1) is 33.3 Å². The Hall–Kier alpha value is -1.38. The maximum absolute atomic E-state index is 12.4. The molecule has 1 aromatic carbocycles. The molecule has 1 N–H and O–H groups in total. The Morgan fingerprint density at radius 2 is 2.00 bits per heavy atom. The van der Waals surface area contributed by atoms with Crippen LogP contribution >= 0.6 is 45.9 Å². The summed E-state index contributed by atoms with van der Waals surface area (Å²) in [4.78, 5) is 19.2. The van der Waals surface area contributed by atoms with Gasteiger partial charge in [-0.2, -0.15) is 0 Å². The van der Waals surface area contributed by atoms with Gasteiger partial charge in [0.1, 0.15) is 4.34 Å². The number of carbonyl (C=O) groups excluding carboxylic acids is 1. The summed E-state index contributed by atoms with van der Waals surface area (Å²) in [5.41, 5.74) is 2.00. The van der Waals surface area contributed by atoms with E-state index in [2.05, 4.69) is 15.2 Å². The molecule has 4 rings (SSSR count). The van der Waals surface area contributed by atoms with Gasteiger partial charge in [-0.3, -0.25) is 4.79 Å². The summed E-state index contributed by atoms with van der Waals surface area (Å²) in [5.74, 6) is -0.273. The van der Waals surface area contributed by atoms with Gasteiger partial charge in [0, 0.05) is 18.8 Å². The van der Waals surface area contributed by atoms with Crippen molar-refractivity contribution in [2.45, 2.75) is 0 Å². The number of thiophene rings is 1. The summed E-state index contributed by atoms with van der Waals surface area (Å²) < 4.78 is 7.28. The van der Waals surface area contributed by atoms with Crippen molar-refractivity contribution in [2.75, 3.05) is 36.5 Å². The smallest absolute Gasteiger partial charge is 0.258 e. The van der Waals surface area contributed by atoms with Crippen molar-refractivity contribution >= 4 is 72.8 Å². The van der Waals surface area contributed by atoms with Crippen LogP contribution in [0, 0.1) is 0 Å². The van der Waals surface area contributed by atoms with E-state index in [-0.39, 0.29) is 5.91 Å². The standard InChI is InChI=1S/C16H13Cl2N3O2S2/c17-13-8-10(14(18)25-13)15(22)19-9-1-2-11-12(7-9)24-16(20-11)21-3-5-23-6-4-21/h1-2,7-8H,3-6H2,(H,19,22). The van der Waals surface area contributed by atoms with Gasteiger partial charge < -0.3 is 15.0 Å². The molecule has 1 fully saturated rings. The Bertz CT molecular complexity index is 935. The highest BCUT2D eigenvalue weighted by Gasteiger charge is 2.17. The average Bonchev–Trinajstić information content (AvgIpc) is 3.18. The monoisotopic (exact) mass is 413 g/mol. The van der Waals surface area contributed by atoms with E-state index >= 15 is 0 Å². The average molecular weight is 414 g/mol. The van der Waals surface area contributed by atoms with Crippen LogP contribution in [0.2, 0.25) is 8.67 Å². The molecular formula is C16H13Cl2N3O2S2. The van der Waals surface area contributed by atoms with Crippen molar-refractivity contribution in [1.29, 1.82) is 0 Å². The lowest BCUT2D eigenvalue weighted by Crippen LogP contribution is -2.36. The van der Waals surface area contributed by atoms with Crippen LogP contribution in [0.5, 0.6) is 0 Å². The number of anilines is 2. The summed E-state index contributed by atoms with van der Waals surface area (Å²) in [5, 5.41) is 3.84. The number of aromatic nitrogens is 1. The third-order valence-corrected chi connectivity index (χ3v) is 6.38. The van der Waals surface area contributed by atoms with Crippen LogP contribution in [0.25, 0.3) is 10.2 Å². The molecule has 1 saturated heterocycles. The first-order valence-corrected chi connectivity index (χ1v) is 9.98. The molecule has 1 amide bonds. The van der Waals surface area contributed by atoms with Crippen LogP contribution in [0.3, 0.4) is 0 Å². The van der Waals surface area contributed by atoms with E-state index in [1.54, 1.807) is 17.4 Å². The summed E-state index contributed by atoms with van der Waals surface area (Å²) in [6, 6.07) is 7.25. The molecule has 2 aromatic heterocycles. The second-order valence-electron chi connectivity index (χ2n) is 5.47. The zero-order valence-corrected chi connectivity index (χ0v) is 16.1. The zero-order chi connectivity index (χ0) is 17.4. The maximum atomic E-state index is 12.4. The number of carbonyl (C=O) groups is 1.